The molecule has 0 amide bonds. The average molecular weight is 168 g/mol. The van der Waals surface area contributed by atoms with E-state index in [2.05, 4.69) is 16.1 Å². The van der Waals surface area contributed by atoms with Gasteiger partial charge in [0.2, 0.25) is 0 Å². The van der Waals surface area contributed by atoms with Crippen molar-refractivity contribution in [1.29, 1.82) is 5.26 Å². The molecule has 0 saturated heterocycles. The van der Waals surface area contributed by atoms with Crippen molar-refractivity contribution in [2.45, 2.75) is 32.6 Å². The fourth-order valence-electron chi connectivity index (χ4n) is 0.878. The van der Waals surface area contributed by atoms with Crippen LogP contribution in [-0.4, -0.2) is 13.3 Å². The van der Waals surface area contributed by atoms with Gasteiger partial charge >= 0.3 is 0 Å². The van der Waals surface area contributed by atoms with E-state index in [1.54, 1.807) is 6.21 Å². The zero-order chi connectivity index (χ0) is 9.23. The van der Waals surface area contributed by atoms with Crippen molar-refractivity contribution < 1.29 is 4.84 Å². The van der Waals surface area contributed by atoms with Crippen LogP contribution in [0.3, 0.4) is 0 Å². The first kappa shape index (κ1) is 11.0. The van der Waals surface area contributed by atoms with Crippen LogP contribution in [0.2, 0.25) is 0 Å². The number of nitrogens with zero attached hydrogens (tertiary/aromatic N) is 2. The SMILES string of the molecule is CON=CCCCCC(C)C#N. The topological polar surface area (TPSA) is 45.4 Å². The number of nitriles is 1. The van der Waals surface area contributed by atoms with Gasteiger partial charge in [-0.3, -0.25) is 0 Å². The van der Waals surface area contributed by atoms with E-state index >= 15 is 0 Å². The maximum atomic E-state index is 8.48. The van der Waals surface area contributed by atoms with Crippen molar-refractivity contribution in [3.8, 4) is 6.07 Å². The van der Waals surface area contributed by atoms with Crippen LogP contribution < -0.4 is 0 Å². The molecular formula is C9H16N2O. The predicted molar refractivity (Wildman–Crippen MR) is 48.7 cm³/mol. The molecule has 1 unspecified atom stereocenters. The molecule has 3 nitrogen and oxygen atoms in total. The van der Waals surface area contributed by atoms with Crippen LogP contribution in [0.1, 0.15) is 32.6 Å². The number of hydrogen-bond acceptors (Lipinski definition) is 3. The molecule has 0 bridgehead atoms. The first-order valence-electron chi connectivity index (χ1n) is 4.26. The highest BCUT2D eigenvalue weighted by atomic mass is 16.6. The van der Waals surface area contributed by atoms with Crippen LogP contribution in [0.25, 0.3) is 0 Å². The average Bonchev–Trinajstić information content (AvgIpc) is 2.10. The zero-order valence-electron chi connectivity index (χ0n) is 7.79. The van der Waals surface area contributed by atoms with Crippen LogP contribution in [0.15, 0.2) is 5.16 Å². The molecule has 0 heterocycles. The molecule has 0 aliphatic heterocycles. The Labute approximate surface area is 74.0 Å². The highest BCUT2D eigenvalue weighted by Crippen LogP contribution is 2.06. The lowest BCUT2D eigenvalue weighted by Gasteiger charge is -1.98. The van der Waals surface area contributed by atoms with Crippen LogP contribution in [0.4, 0.5) is 0 Å². The van der Waals surface area contributed by atoms with Gasteiger partial charge in [0.05, 0.1) is 6.07 Å². The van der Waals surface area contributed by atoms with E-state index in [-0.39, 0.29) is 5.92 Å². The Morgan fingerprint density at radius 3 is 2.92 bits per heavy atom. The minimum absolute atomic E-state index is 0.185. The molecule has 0 aromatic rings. The predicted octanol–water partition coefficient (Wildman–Crippen LogP) is 2.34. The van der Waals surface area contributed by atoms with E-state index in [1.807, 2.05) is 6.92 Å². The number of hydrogen-bond donors (Lipinski definition) is 0. The molecule has 1 atom stereocenters. The van der Waals surface area contributed by atoms with Crippen molar-refractivity contribution >= 4 is 6.21 Å². The lowest BCUT2D eigenvalue weighted by Crippen LogP contribution is -1.89. The van der Waals surface area contributed by atoms with Gasteiger partial charge in [-0.1, -0.05) is 11.6 Å². The second-order valence-electron chi connectivity index (χ2n) is 2.79. The van der Waals surface area contributed by atoms with Crippen molar-refractivity contribution in [3.05, 3.63) is 0 Å². The molecule has 0 N–H and O–H groups in total. The molecule has 68 valence electrons. The zero-order valence-corrected chi connectivity index (χ0v) is 7.79. The third-order valence-electron chi connectivity index (χ3n) is 1.62. The van der Waals surface area contributed by atoms with E-state index in [1.165, 1.54) is 7.11 Å². The van der Waals surface area contributed by atoms with Gasteiger partial charge in [0.25, 0.3) is 0 Å². The fraction of sp³-hybridized carbons (Fsp3) is 0.778. The Morgan fingerprint density at radius 2 is 2.33 bits per heavy atom. The number of unbranched alkanes of at least 4 members (excludes halogenated alkanes) is 2. The maximum Gasteiger partial charge on any atom is 0.106 e. The summed E-state index contributed by atoms with van der Waals surface area (Å²) >= 11 is 0. The van der Waals surface area contributed by atoms with Crippen LogP contribution in [0, 0.1) is 17.2 Å². The molecule has 0 aromatic heterocycles. The molecule has 0 radical (unpaired) electrons. The highest BCUT2D eigenvalue weighted by molar-refractivity contribution is 5.55. The third-order valence-corrected chi connectivity index (χ3v) is 1.62. The minimum Gasteiger partial charge on any atom is -0.399 e. The van der Waals surface area contributed by atoms with Crippen LogP contribution in [0.5, 0.6) is 0 Å². The molecule has 0 rings (SSSR count). The first-order chi connectivity index (χ1) is 5.81. The minimum atomic E-state index is 0.185. The Balaban J connectivity index is 3.12. The molecule has 0 spiro atoms. The van der Waals surface area contributed by atoms with E-state index in [0.29, 0.717) is 0 Å². The Morgan fingerprint density at radius 1 is 1.58 bits per heavy atom. The van der Waals surface area contributed by atoms with Gasteiger partial charge in [-0.15, -0.1) is 0 Å². The Hall–Kier alpha value is -1.04. The van der Waals surface area contributed by atoms with Crippen molar-refractivity contribution in [1.82, 2.24) is 0 Å². The van der Waals surface area contributed by atoms with Gasteiger partial charge in [-0.25, -0.2) is 0 Å². The maximum absolute atomic E-state index is 8.48. The second kappa shape index (κ2) is 8.06. The molecule has 0 aliphatic carbocycles. The number of rotatable bonds is 6. The Bertz CT molecular complexity index is 160. The lowest BCUT2D eigenvalue weighted by molar-refractivity contribution is 0.214. The summed E-state index contributed by atoms with van der Waals surface area (Å²) < 4.78 is 0. The van der Waals surface area contributed by atoms with Crippen molar-refractivity contribution in [2.24, 2.45) is 11.1 Å². The van der Waals surface area contributed by atoms with Gasteiger partial charge < -0.3 is 4.84 Å². The molecule has 0 aromatic carbocycles. The molecular weight excluding hydrogens is 152 g/mol. The molecule has 3 heteroatoms. The van der Waals surface area contributed by atoms with Crippen LogP contribution in [-0.2, 0) is 4.84 Å². The summed E-state index contributed by atoms with van der Waals surface area (Å²) in [4.78, 5) is 4.51. The molecule has 12 heavy (non-hydrogen) atoms. The van der Waals surface area contributed by atoms with Crippen LogP contribution >= 0.6 is 0 Å². The number of oxime groups is 1. The van der Waals surface area contributed by atoms with Gasteiger partial charge in [-0.05, 0) is 26.2 Å². The van der Waals surface area contributed by atoms with E-state index in [0.717, 1.165) is 25.7 Å². The largest absolute Gasteiger partial charge is 0.399 e. The fourth-order valence-corrected chi connectivity index (χ4v) is 0.878. The highest BCUT2D eigenvalue weighted by Gasteiger charge is 1.97. The van der Waals surface area contributed by atoms with Crippen molar-refractivity contribution in [3.63, 3.8) is 0 Å². The molecule has 0 fully saturated rings. The lowest BCUT2D eigenvalue weighted by atomic mass is 10.1. The first-order valence-corrected chi connectivity index (χ1v) is 4.26. The normalized spacial score (nSPS) is 12.8. The summed E-state index contributed by atoms with van der Waals surface area (Å²) in [5.41, 5.74) is 0. The van der Waals surface area contributed by atoms with E-state index in [9.17, 15) is 0 Å². The van der Waals surface area contributed by atoms with Crippen molar-refractivity contribution in [2.75, 3.05) is 7.11 Å². The van der Waals surface area contributed by atoms with E-state index < -0.39 is 0 Å². The molecule has 0 aliphatic rings. The van der Waals surface area contributed by atoms with Gasteiger partial charge in [-0.2, -0.15) is 5.26 Å². The van der Waals surface area contributed by atoms with Gasteiger partial charge in [0, 0.05) is 12.1 Å². The van der Waals surface area contributed by atoms with E-state index in [4.69, 9.17) is 5.26 Å². The van der Waals surface area contributed by atoms with Gasteiger partial charge in [0.15, 0.2) is 0 Å². The summed E-state index contributed by atoms with van der Waals surface area (Å²) in [5, 5.41) is 12.1. The monoisotopic (exact) mass is 168 g/mol. The standard InChI is InChI=1S/C9H16N2O/c1-9(8-10)6-4-3-5-7-11-12-2/h7,9H,3-6H2,1-2H3. The summed E-state index contributed by atoms with van der Waals surface area (Å²) in [6.07, 6.45) is 5.85. The quantitative estimate of drug-likeness (QED) is 0.347. The summed E-state index contributed by atoms with van der Waals surface area (Å²) in [6, 6.07) is 2.21. The smallest absolute Gasteiger partial charge is 0.106 e. The Kier molecular flexibility index (Phi) is 7.36. The molecule has 0 saturated carbocycles. The summed E-state index contributed by atoms with van der Waals surface area (Å²) in [6.45, 7) is 1.95. The summed E-state index contributed by atoms with van der Waals surface area (Å²) in [7, 11) is 1.54. The third kappa shape index (κ3) is 7.07. The van der Waals surface area contributed by atoms with Gasteiger partial charge in [0.1, 0.15) is 7.11 Å². The summed E-state index contributed by atoms with van der Waals surface area (Å²) in [5.74, 6) is 0.185. The second-order valence-corrected chi connectivity index (χ2v) is 2.79.